The molecular weight excluding hydrogens is 234 g/mol. The fraction of sp³-hybridized carbons (Fsp3) is 0.667. The Labute approximate surface area is 106 Å². The summed E-state index contributed by atoms with van der Waals surface area (Å²) >= 11 is 0. The zero-order valence-corrected chi connectivity index (χ0v) is 10.9. The number of hydrogen-bond acceptors (Lipinski definition) is 4. The van der Waals surface area contributed by atoms with Crippen LogP contribution in [0.4, 0.5) is 4.79 Å². The molecule has 0 aromatic carbocycles. The van der Waals surface area contributed by atoms with Gasteiger partial charge >= 0.3 is 6.09 Å². The topological polar surface area (TPSA) is 76.4 Å². The summed E-state index contributed by atoms with van der Waals surface area (Å²) in [7, 11) is 0. The highest BCUT2D eigenvalue weighted by Crippen LogP contribution is 2.23. The van der Waals surface area contributed by atoms with Crippen molar-refractivity contribution in [2.45, 2.75) is 51.8 Å². The summed E-state index contributed by atoms with van der Waals surface area (Å²) in [6.45, 7) is 6.17. The van der Waals surface area contributed by atoms with Crippen LogP contribution < -0.4 is 5.32 Å². The van der Waals surface area contributed by atoms with Crippen molar-refractivity contribution >= 4 is 6.09 Å². The second kappa shape index (κ2) is 4.51. The smallest absolute Gasteiger partial charge is 0.407 e. The molecule has 2 rings (SSSR count). The fourth-order valence-electron chi connectivity index (χ4n) is 2.01. The molecule has 1 aromatic rings. The summed E-state index contributed by atoms with van der Waals surface area (Å²) < 4.78 is 6.97. The van der Waals surface area contributed by atoms with Crippen LogP contribution >= 0.6 is 0 Å². The van der Waals surface area contributed by atoms with Gasteiger partial charge in [0.15, 0.2) is 5.75 Å². The van der Waals surface area contributed by atoms with Crippen molar-refractivity contribution in [3.05, 3.63) is 11.9 Å². The van der Waals surface area contributed by atoms with E-state index in [4.69, 9.17) is 4.74 Å². The number of rotatable bonds is 1. The van der Waals surface area contributed by atoms with Gasteiger partial charge in [-0.15, -0.1) is 0 Å². The van der Waals surface area contributed by atoms with Crippen LogP contribution in [-0.2, 0) is 17.7 Å². The van der Waals surface area contributed by atoms with Crippen molar-refractivity contribution in [1.82, 2.24) is 15.1 Å². The van der Waals surface area contributed by atoms with E-state index in [9.17, 15) is 9.90 Å². The first-order valence-electron chi connectivity index (χ1n) is 6.08. The number of aromatic nitrogens is 2. The van der Waals surface area contributed by atoms with Crippen LogP contribution in [-0.4, -0.2) is 32.6 Å². The maximum absolute atomic E-state index is 11.6. The second-order valence-electron chi connectivity index (χ2n) is 5.54. The zero-order chi connectivity index (χ0) is 13.3. The predicted molar refractivity (Wildman–Crippen MR) is 65.4 cm³/mol. The molecule has 100 valence electrons. The van der Waals surface area contributed by atoms with E-state index in [0.717, 1.165) is 12.1 Å². The third kappa shape index (κ3) is 2.94. The van der Waals surface area contributed by atoms with Crippen molar-refractivity contribution < 1.29 is 14.6 Å². The lowest BCUT2D eigenvalue weighted by Crippen LogP contribution is -2.42. The molecule has 1 atom stereocenters. The highest BCUT2D eigenvalue weighted by atomic mass is 16.6. The van der Waals surface area contributed by atoms with E-state index in [2.05, 4.69) is 10.4 Å². The normalized spacial score (nSPS) is 19.2. The first-order chi connectivity index (χ1) is 8.35. The molecule has 0 spiro atoms. The van der Waals surface area contributed by atoms with Crippen molar-refractivity contribution in [2.24, 2.45) is 0 Å². The van der Waals surface area contributed by atoms with E-state index in [-0.39, 0.29) is 11.8 Å². The van der Waals surface area contributed by atoms with E-state index in [1.54, 1.807) is 4.68 Å². The number of carbonyl (C=O) groups excluding carboxylic acids is 1. The van der Waals surface area contributed by atoms with Crippen LogP contribution in [0.3, 0.4) is 0 Å². The lowest BCUT2D eigenvalue weighted by Gasteiger charge is -2.26. The van der Waals surface area contributed by atoms with Gasteiger partial charge in [0.2, 0.25) is 0 Å². The molecule has 1 aliphatic rings. The number of amides is 1. The molecule has 1 aliphatic heterocycles. The molecule has 6 heteroatoms. The lowest BCUT2D eigenvalue weighted by atomic mass is 10.0. The Balaban J connectivity index is 1.94. The zero-order valence-electron chi connectivity index (χ0n) is 10.9. The van der Waals surface area contributed by atoms with Crippen LogP contribution in [0.2, 0.25) is 0 Å². The number of aromatic hydroxyl groups is 1. The monoisotopic (exact) mass is 253 g/mol. The van der Waals surface area contributed by atoms with Gasteiger partial charge in [-0.2, -0.15) is 5.10 Å². The molecule has 0 bridgehead atoms. The molecule has 1 unspecified atom stereocenters. The quantitative estimate of drug-likeness (QED) is 0.793. The van der Waals surface area contributed by atoms with Gasteiger partial charge in [-0.25, -0.2) is 4.79 Å². The number of alkyl carbamates (subject to hydrolysis) is 1. The number of ether oxygens (including phenoxy) is 1. The maximum atomic E-state index is 11.6. The number of hydrogen-bond donors (Lipinski definition) is 2. The van der Waals surface area contributed by atoms with Gasteiger partial charge < -0.3 is 15.2 Å². The Kier molecular flexibility index (Phi) is 3.19. The van der Waals surface area contributed by atoms with Crippen molar-refractivity contribution in [3.63, 3.8) is 0 Å². The number of fused-ring (bicyclic) bond motifs is 1. The molecule has 1 amide bonds. The van der Waals surface area contributed by atoms with Crippen molar-refractivity contribution in [3.8, 4) is 5.75 Å². The summed E-state index contributed by atoms with van der Waals surface area (Å²) in [5, 5.41) is 16.5. The SMILES string of the molecule is CC(C)(C)OC(=O)NC1CCn2ncc(O)c2C1. The van der Waals surface area contributed by atoms with Gasteiger partial charge in [0, 0.05) is 19.0 Å². The van der Waals surface area contributed by atoms with Crippen LogP contribution in [0, 0.1) is 0 Å². The van der Waals surface area contributed by atoms with Gasteiger partial charge in [-0.1, -0.05) is 0 Å². The van der Waals surface area contributed by atoms with Crippen LogP contribution in [0.5, 0.6) is 5.75 Å². The average molecular weight is 253 g/mol. The molecule has 0 aliphatic carbocycles. The van der Waals surface area contributed by atoms with Gasteiger partial charge in [0.05, 0.1) is 11.9 Å². The minimum Gasteiger partial charge on any atom is -0.504 e. The minimum absolute atomic E-state index is 0.0186. The van der Waals surface area contributed by atoms with Gasteiger partial charge in [0.1, 0.15) is 5.60 Å². The summed E-state index contributed by atoms with van der Waals surface area (Å²) in [5.41, 5.74) is 0.269. The van der Waals surface area contributed by atoms with Crippen LogP contribution in [0.15, 0.2) is 6.20 Å². The Morgan fingerprint density at radius 3 is 3.00 bits per heavy atom. The fourth-order valence-corrected chi connectivity index (χ4v) is 2.01. The number of nitrogens with zero attached hydrogens (tertiary/aromatic N) is 2. The Morgan fingerprint density at radius 2 is 2.33 bits per heavy atom. The molecular formula is C12H19N3O3. The molecule has 0 saturated heterocycles. The first-order valence-corrected chi connectivity index (χ1v) is 6.08. The second-order valence-corrected chi connectivity index (χ2v) is 5.54. The molecule has 0 radical (unpaired) electrons. The van der Waals surface area contributed by atoms with E-state index in [1.807, 2.05) is 20.8 Å². The Hall–Kier alpha value is -1.72. The van der Waals surface area contributed by atoms with E-state index >= 15 is 0 Å². The maximum Gasteiger partial charge on any atom is 0.407 e. The summed E-state index contributed by atoms with van der Waals surface area (Å²) in [6.07, 6.45) is 2.38. The third-order valence-corrected chi connectivity index (χ3v) is 2.78. The summed E-state index contributed by atoms with van der Waals surface area (Å²) in [4.78, 5) is 11.6. The van der Waals surface area contributed by atoms with E-state index in [1.165, 1.54) is 6.20 Å². The Morgan fingerprint density at radius 1 is 1.61 bits per heavy atom. The molecule has 2 heterocycles. The van der Waals surface area contributed by atoms with Crippen molar-refractivity contribution in [2.75, 3.05) is 0 Å². The van der Waals surface area contributed by atoms with E-state index in [0.29, 0.717) is 13.0 Å². The molecule has 6 nitrogen and oxygen atoms in total. The molecule has 2 N–H and O–H groups in total. The van der Waals surface area contributed by atoms with Gasteiger partial charge in [0.25, 0.3) is 0 Å². The molecule has 1 aromatic heterocycles. The molecule has 0 saturated carbocycles. The Bertz CT molecular complexity index is 448. The standard InChI is InChI=1S/C12H19N3O3/c1-12(2,3)18-11(17)14-8-4-5-15-9(6-8)10(16)7-13-15/h7-8,16H,4-6H2,1-3H3,(H,14,17). The molecule has 0 fully saturated rings. The van der Waals surface area contributed by atoms with E-state index < -0.39 is 11.7 Å². The number of aryl methyl sites for hydroxylation is 1. The summed E-state index contributed by atoms with van der Waals surface area (Å²) in [5.74, 6) is 0.186. The minimum atomic E-state index is -0.497. The number of carbonyl (C=O) groups is 1. The largest absolute Gasteiger partial charge is 0.504 e. The van der Waals surface area contributed by atoms with Gasteiger partial charge in [-0.05, 0) is 27.2 Å². The lowest BCUT2D eigenvalue weighted by molar-refractivity contribution is 0.0496. The molecule has 18 heavy (non-hydrogen) atoms. The third-order valence-electron chi connectivity index (χ3n) is 2.78. The van der Waals surface area contributed by atoms with Crippen molar-refractivity contribution in [1.29, 1.82) is 0 Å². The van der Waals surface area contributed by atoms with Gasteiger partial charge in [-0.3, -0.25) is 4.68 Å². The highest BCUT2D eigenvalue weighted by molar-refractivity contribution is 5.68. The highest BCUT2D eigenvalue weighted by Gasteiger charge is 2.25. The van der Waals surface area contributed by atoms with Crippen LogP contribution in [0.25, 0.3) is 0 Å². The van der Waals surface area contributed by atoms with Crippen LogP contribution in [0.1, 0.15) is 32.9 Å². The summed E-state index contributed by atoms with van der Waals surface area (Å²) in [6, 6.07) is -0.0186. The average Bonchev–Trinajstić information content (AvgIpc) is 2.57. The first kappa shape index (κ1) is 12.7. The predicted octanol–water partition coefficient (Wildman–Crippen LogP) is 1.43. The number of nitrogens with one attached hydrogen (secondary N) is 1.